The van der Waals surface area contributed by atoms with Gasteiger partial charge in [0.05, 0.1) is 18.8 Å². The second-order valence-corrected chi connectivity index (χ2v) is 9.36. The number of benzene rings is 2. The number of anilines is 1. The molecular weight excluding hydrogens is 494 g/mol. The summed E-state index contributed by atoms with van der Waals surface area (Å²) in [6.45, 7) is 5.06. The number of nitrogens with zero attached hydrogens (tertiary/aromatic N) is 4. The Morgan fingerprint density at radius 3 is 2.64 bits per heavy atom. The first-order chi connectivity index (χ1) is 19.1. The lowest BCUT2D eigenvalue weighted by Crippen LogP contribution is -2.46. The SMILES string of the molecule is C#CCN1CCN(CC#Cc2ccc3c(c2)NC(=O)[C@@H](NC(=O)c2n[nH]c(Cc4ccccc4)n2)CO3)CC1. The smallest absolute Gasteiger partial charge is 0.291 e. The van der Waals surface area contributed by atoms with Crippen LogP contribution in [0.15, 0.2) is 48.5 Å². The molecule has 1 aromatic heterocycles. The van der Waals surface area contributed by atoms with Crippen molar-refractivity contribution in [1.82, 2.24) is 30.3 Å². The largest absolute Gasteiger partial charge is 0.489 e. The molecule has 10 nitrogen and oxygen atoms in total. The molecule has 0 radical (unpaired) electrons. The van der Waals surface area contributed by atoms with Gasteiger partial charge in [-0.2, -0.15) is 0 Å². The molecule has 2 aromatic carbocycles. The number of rotatable bonds is 6. The van der Waals surface area contributed by atoms with Crippen molar-refractivity contribution < 1.29 is 14.3 Å². The number of ether oxygens (including phenoxy) is 1. The minimum atomic E-state index is -0.913. The number of carbonyl (C=O) groups is 2. The average Bonchev–Trinajstić information content (AvgIpc) is 3.36. The van der Waals surface area contributed by atoms with E-state index in [9.17, 15) is 9.59 Å². The molecule has 39 heavy (non-hydrogen) atoms. The molecule has 1 atom stereocenters. The number of carbonyl (C=O) groups excluding carboxylic acids is 2. The van der Waals surface area contributed by atoms with Crippen molar-refractivity contribution in [3.8, 4) is 29.9 Å². The number of H-pyrrole nitrogens is 1. The minimum Gasteiger partial charge on any atom is -0.489 e. The Labute approximate surface area is 227 Å². The standard InChI is InChI=1S/C29H29N7O3/c1-2-12-35-14-16-36(17-15-35)13-6-9-22-10-11-25-23(18-22)30-28(37)24(20-39-25)31-29(38)27-32-26(33-34-27)19-21-7-4-3-5-8-21/h1,3-5,7-8,10-11,18,24H,12-17,19-20H2,(H,30,37)(H,31,38)(H,32,33,34)/t24-/m0/s1. The van der Waals surface area contributed by atoms with Crippen LogP contribution in [0, 0.1) is 24.2 Å². The van der Waals surface area contributed by atoms with Crippen molar-refractivity contribution in [1.29, 1.82) is 0 Å². The van der Waals surface area contributed by atoms with Gasteiger partial charge in [0.25, 0.3) is 11.8 Å². The number of terminal acetylenes is 1. The Morgan fingerprint density at radius 2 is 1.87 bits per heavy atom. The Balaban J connectivity index is 1.15. The van der Waals surface area contributed by atoms with Gasteiger partial charge < -0.3 is 15.4 Å². The van der Waals surface area contributed by atoms with Crippen molar-refractivity contribution in [2.75, 3.05) is 51.2 Å². The van der Waals surface area contributed by atoms with E-state index >= 15 is 0 Å². The van der Waals surface area contributed by atoms with Crippen LogP contribution in [0.5, 0.6) is 5.75 Å². The zero-order chi connectivity index (χ0) is 27.0. The molecule has 3 N–H and O–H groups in total. The number of aromatic amines is 1. The summed E-state index contributed by atoms with van der Waals surface area (Å²) in [5.74, 6) is 9.14. The molecule has 1 fully saturated rings. The van der Waals surface area contributed by atoms with E-state index in [-0.39, 0.29) is 12.4 Å². The highest BCUT2D eigenvalue weighted by molar-refractivity contribution is 6.01. The molecule has 2 amide bonds. The molecule has 1 saturated heterocycles. The summed E-state index contributed by atoms with van der Waals surface area (Å²) in [4.78, 5) is 34.4. The molecule has 0 unspecified atom stereocenters. The first-order valence-electron chi connectivity index (χ1n) is 12.8. The average molecular weight is 524 g/mol. The highest BCUT2D eigenvalue weighted by atomic mass is 16.5. The van der Waals surface area contributed by atoms with E-state index in [1.54, 1.807) is 12.1 Å². The Hall–Kier alpha value is -4.64. The molecule has 0 aliphatic carbocycles. The number of hydrogen-bond acceptors (Lipinski definition) is 7. The van der Waals surface area contributed by atoms with Crippen LogP contribution in [0.3, 0.4) is 0 Å². The first-order valence-corrected chi connectivity index (χ1v) is 12.8. The van der Waals surface area contributed by atoms with Crippen LogP contribution >= 0.6 is 0 Å². The summed E-state index contributed by atoms with van der Waals surface area (Å²) in [5, 5.41) is 12.3. The molecule has 0 spiro atoms. The van der Waals surface area contributed by atoms with Crippen molar-refractivity contribution in [3.63, 3.8) is 0 Å². The molecule has 3 heterocycles. The fourth-order valence-corrected chi connectivity index (χ4v) is 4.38. The lowest BCUT2D eigenvalue weighted by atomic mass is 10.1. The van der Waals surface area contributed by atoms with Gasteiger partial charge in [-0.15, -0.1) is 11.5 Å². The fourth-order valence-electron chi connectivity index (χ4n) is 4.38. The van der Waals surface area contributed by atoms with Gasteiger partial charge in [0.15, 0.2) is 0 Å². The van der Waals surface area contributed by atoms with E-state index in [0.29, 0.717) is 36.8 Å². The molecule has 2 aliphatic rings. The summed E-state index contributed by atoms with van der Waals surface area (Å²) < 4.78 is 5.82. The van der Waals surface area contributed by atoms with Crippen molar-refractivity contribution >= 4 is 17.5 Å². The summed E-state index contributed by atoms with van der Waals surface area (Å²) in [6, 6.07) is 14.2. The van der Waals surface area contributed by atoms with Crippen molar-refractivity contribution in [2.24, 2.45) is 0 Å². The molecule has 198 valence electrons. The lowest BCUT2D eigenvalue weighted by molar-refractivity contribution is -0.118. The zero-order valence-corrected chi connectivity index (χ0v) is 21.4. The van der Waals surface area contributed by atoms with E-state index in [2.05, 4.69) is 53.4 Å². The van der Waals surface area contributed by atoms with Gasteiger partial charge in [0, 0.05) is 38.2 Å². The van der Waals surface area contributed by atoms with Gasteiger partial charge in [-0.3, -0.25) is 24.5 Å². The Morgan fingerprint density at radius 1 is 1.10 bits per heavy atom. The number of fused-ring (bicyclic) bond motifs is 1. The minimum absolute atomic E-state index is 0.0253. The maximum absolute atomic E-state index is 12.9. The van der Waals surface area contributed by atoms with Crippen LogP contribution in [-0.2, 0) is 11.2 Å². The third-order valence-electron chi connectivity index (χ3n) is 6.53. The van der Waals surface area contributed by atoms with E-state index < -0.39 is 17.9 Å². The highest BCUT2D eigenvalue weighted by Gasteiger charge is 2.28. The number of hydrogen-bond donors (Lipinski definition) is 3. The van der Waals surface area contributed by atoms with Crippen LogP contribution in [0.2, 0.25) is 0 Å². The number of aromatic nitrogens is 3. The van der Waals surface area contributed by atoms with E-state index in [4.69, 9.17) is 11.2 Å². The van der Waals surface area contributed by atoms with Crippen molar-refractivity contribution in [3.05, 3.63) is 71.3 Å². The van der Waals surface area contributed by atoms with Gasteiger partial charge in [-0.05, 0) is 23.8 Å². The molecule has 10 heteroatoms. The van der Waals surface area contributed by atoms with E-state index in [1.807, 2.05) is 36.4 Å². The predicted octanol–water partition coefficient (Wildman–Crippen LogP) is 1.13. The summed E-state index contributed by atoms with van der Waals surface area (Å²) >= 11 is 0. The number of nitrogens with one attached hydrogen (secondary N) is 3. The Bertz CT molecular complexity index is 1430. The van der Waals surface area contributed by atoms with Crippen LogP contribution in [0.1, 0.15) is 27.6 Å². The van der Waals surface area contributed by atoms with Gasteiger partial charge >= 0.3 is 0 Å². The van der Waals surface area contributed by atoms with E-state index in [1.165, 1.54) is 0 Å². The highest BCUT2D eigenvalue weighted by Crippen LogP contribution is 2.28. The quantitative estimate of drug-likeness (QED) is 0.415. The van der Waals surface area contributed by atoms with Gasteiger partial charge in [0.2, 0.25) is 5.82 Å². The van der Waals surface area contributed by atoms with Gasteiger partial charge in [-0.25, -0.2) is 4.98 Å². The van der Waals surface area contributed by atoms with Crippen LogP contribution in [-0.4, -0.2) is 88.7 Å². The molecule has 0 bridgehead atoms. The van der Waals surface area contributed by atoms with Gasteiger partial charge in [0.1, 0.15) is 24.2 Å². The third kappa shape index (κ3) is 6.82. The predicted molar refractivity (Wildman–Crippen MR) is 146 cm³/mol. The molecular formula is C29H29N7O3. The third-order valence-corrected chi connectivity index (χ3v) is 6.53. The second kappa shape index (κ2) is 12.3. The van der Waals surface area contributed by atoms with E-state index in [0.717, 1.165) is 37.3 Å². The van der Waals surface area contributed by atoms with Crippen LogP contribution in [0.4, 0.5) is 5.69 Å². The monoisotopic (exact) mass is 523 g/mol. The number of amides is 2. The molecule has 3 aromatic rings. The normalized spacial score (nSPS) is 17.4. The number of piperazine rings is 1. The topological polar surface area (TPSA) is 115 Å². The lowest BCUT2D eigenvalue weighted by Gasteiger charge is -2.32. The molecule has 2 aliphatic heterocycles. The fraction of sp³-hybridized carbons (Fsp3) is 0.310. The van der Waals surface area contributed by atoms with Crippen LogP contribution < -0.4 is 15.4 Å². The molecule has 5 rings (SSSR count). The maximum atomic E-state index is 12.9. The summed E-state index contributed by atoms with van der Waals surface area (Å²) in [7, 11) is 0. The first kappa shape index (κ1) is 26.0. The van der Waals surface area contributed by atoms with Gasteiger partial charge in [-0.1, -0.05) is 48.1 Å². The maximum Gasteiger partial charge on any atom is 0.291 e. The van der Waals surface area contributed by atoms with Crippen molar-refractivity contribution in [2.45, 2.75) is 12.5 Å². The zero-order valence-electron chi connectivity index (χ0n) is 21.4. The molecule has 0 saturated carbocycles. The summed E-state index contributed by atoms with van der Waals surface area (Å²) in [6.07, 6.45) is 5.91. The van der Waals surface area contributed by atoms with Crippen LogP contribution in [0.25, 0.3) is 0 Å². The second-order valence-electron chi connectivity index (χ2n) is 9.36. The summed E-state index contributed by atoms with van der Waals surface area (Å²) in [5.41, 5.74) is 2.31. The Kier molecular flexibility index (Phi) is 8.18.